The van der Waals surface area contributed by atoms with E-state index in [1.54, 1.807) is 13.1 Å². The molecule has 6 aromatic rings. The van der Waals surface area contributed by atoms with Crippen LogP contribution in [0.5, 0.6) is 0 Å². The number of carbonyl (C=O) groups is 3. The number of aromatic amines is 1. The number of aryl methyl sites for hydroxylation is 2. The Balaban J connectivity index is 1.35. The molecule has 0 saturated heterocycles. The van der Waals surface area contributed by atoms with Gasteiger partial charge in [0.15, 0.2) is 0 Å². The molecule has 0 spiro atoms. The van der Waals surface area contributed by atoms with E-state index in [2.05, 4.69) is 20.9 Å². The summed E-state index contributed by atoms with van der Waals surface area (Å²) in [6, 6.07) is 25.6. The maximum Gasteiger partial charge on any atom is 0.268 e. The van der Waals surface area contributed by atoms with Gasteiger partial charge in [0.25, 0.3) is 5.91 Å². The number of benzene rings is 4. The van der Waals surface area contributed by atoms with Gasteiger partial charge in [-0.15, -0.1) is 0 Å². The van der Waals surface area contributed by atoms with Crippen molar-refractivity contribution < 1.29 is 14.4 Å². The zero-order valence-corrected chi connectivity index (χ0v) is 26.0. The summed E-state index contributed by atoms with van der Waals surface area (Å²) in [4.78, 5) is 43.8. The van der Waals surface area contributed by atoms with Gasteiger partial charge in [0.05, 0.1) is 12.5 Å². The Kier molecular flexibility index (Phi) is 8.32. The minimum atomic E-state index is -0.939. The lowest BCUT2D eigenvalue weighted by Crippen LogP contribution is -2.49. The van der Waals surface area contributed by atoms with Crippen molar-refractivity contribution in [1.29, 1.82) is 0 Å². The van der Waals surface area contributed by atoms with E-state index in [-0.39, 0.29) is 18.7 Å². The molecule has 0 saturated carbocycles. The van der Waals surface area contributed by atoms with Crippen molar-refractivity contribution in [2.24, 2.45) is 7.05 Å². The average molecular weight is 620 g/mol. The van der Waals surface area contributed by atoms with Gasteiger partial charge in [-0.3, -0.25) is 14.4 Å². The SMILES string of the molecule is CNC(=O)CC(NC(=O)[C@@H](Cc1cn(C)c2ccccc12)NC(=O)c1[nH]c2ccc(Cl)cc2c1C)c1ccc2ccccc2c1. The highest BCUT2D eigenvalue weighted by Gasteiger charge is 2.28. The number of para-hydroxylation sites is 1. The molecule has 4 N–H and O–H groups in total. The van der Waals surface area contributed by atoms with Gasteiger partial charge in [-0.05, 0) is 64.7 Å². The van der Waals surface area contributed by atoms with Crippen LogP contribution in [0.3, 0.4) is 0 Å². The number of nitrogens with one attached hydrogen (secondary N) is 4. The van der Waals surface area contributed by atoms with E-state index in [9.17, 15) is 14.4 Å². The van der Waals surface area contributed by atoms with E-state index in [1.165, 1.54) is 0 Å². The number of H-pyrrole nitrogens is 1. The molecule has 0 aliphatic rings. The smallest absolute Gasteiger partial charge is 0.268 e. The molecule has 4 aromatic carbocycles. The quantitative estimate of drug-likeness (QED) is 0.157. The van der Waals surface area contributed by atoms with Crippen molar-refractivity contribution in [3.8, 4) is 0 Å². The van der Waals surface area contributed by atoms with Crippen molar-refractivity contribution in [2.45, 2.75) is 31.8 Å². The number of hydrogen-bond acceptors (Lipinski definition) is 3. The van der Waals surface area contributed by atoms with Crippen LogP contribution in [0.15, 0.2) is 91.1 Å². The molecule has 6 rings (SSSR count). The second-order valence-corrected chi connectivity index (χ2v) is 11.8. The predicted octanol–water partition coefficient (Wildman–Crippen LogP) is 6.11. The molecule has 0 bridgehead atoms. The lowest BCUT2D eigenvalue weighted by molar-refractivity contribution is -0.124. The van der Waals surface area contributed by atoms with Crippen molar-refractivity contribution in [2.75, 3.05) is 7.05 Å². The third-order valence-electron chi connectivity index (χ3n) is 8.43. The molecule has 2 aromatic heterocycles. The Morgan fingerprint density at radius 3 is 2.44 bits per heavy atom. The van der Waals surface area contributed by atoms with Gasteiger partial charge in [0, 0.05) is 53.5 Å². The molecule has 9 heteroatoms. The van der Waals surface area contributed by atoms with E-state index >= 15 is 0 Å². The van der Waals surface area contributed by atoms with Crippen LogP contribution in [-0.2, 0) is 23.1 Å². The third-order valence-corrected chi connectivity index (χ3v) is 8.67. The number of rotatable bonds is 9. The normalized spacial score (nSPS) is 12.7. The molecule has 228 valence electrons. The first-order valence-electron chi connectivity index (χ1n) is 14.8. The van der Waals surface area contributed by atoms with Crippen LogP contribution in [-0.4, -0.2) is 40.4 Å². The maximum atomic E-state index is 14.2. The van der Waals surface area contributed by atoms with Crippen LogP contribution in [0, 0.1) is 6.92 Å². The van der Waals surface area contributed by atoms with Crippen molar-refractivity contribution in [3.05, 3.63) is 119 Å². The van der Waals surface area contributed by atoms with Gasteiger partial charge in [0.2, 0.25) is 11.8 Å². The Bertz CT molecular complexity index is 2080. The first-order chi connectivity index (χ1) is 21.7. The molecule has 45 heavy (non-hydrogen) atoms. The summed E-state index contributed by atoms with van der Waals surface area (Å²) in [6.07, 6.45) is 2.27. The molecule has 0 aliphatic heterocycles. The highest BCUT2D eigenvalue weighted by Crippen LogP contribution is 2.27. The van der Waals surface area contributed by atoms with E-state index < -0.39 is 23.9 Å². The Hall–Kier alpha value is -5.08. The highest BCUT2D eigenvalue weighted by atomic mass is 35.5. The fourth-order valence-corrected chi connectivity index (χ4v) is 6.18. The topological polar surface area (TPSA) is 108 Å². The minimum Gasteiger partial charge on any atom is -0.359 e. The Morgan fingerprint density at radius 1 is 0.889 bits per heavy atom. The van der Waals surface area contributed by atoms with Crippen LogP contribution in [0.25, 0.3) is 32.6 Å². The molecule has 2 heterocycles. The van der Waals surface area contributed by atoms with Crippen molar-refractivity contribution in [3.63, 3.8) is 0 Å². The average Bonchev–Trinajstić information content (AvgIpc) is 3.55. The summed E-state index contributed by atoms with van der Waals surface area (Å²) in [5.74, 6) is -1.01. The number of amides is 3. The fourth-order valence-electron chi connectivity index (χ4n) is 6.01. The summed E-state index contributed by atoms with van der Waals surface area (Å²) in [5.41, 5.74) is 4.61. The molecule has 3 amide bonds. The fraction of sp³-hybridized carbons (Fsp3) is 0.194. The predicted molar refractivity (Wildman–Crippen MR) is 179 cm³/mol. The van der Waals surface area contributed by atoms with Crippen molar-refractivity contribution >= 4 is 61.9 Å². The first-order valence-corrected chi connectivity index (χ1v) is 15.2. The number of nitrogens with zero attached hydrogens (tertiary/aromatic N) is 1. The summed E-state index contributed by atoms with van der Waals surface area (Å²) in [7, 11) is 3.53. The lowest BCUT2D eigenvalue weighted by atomic mass is 9.98. The number of carbonyl (C=O) groups excluding carboxylic acids is 3. The number of aromatic nitrogens is 2. The summed E-state index contributed by atoms with van der Waals surface area (Å²) in [6.45, 7) is 1.85. The minimum absolute atomic E-state index is 0.0391. The van der Waals surface area contributed by atoms with Crippen LogP contribution >= 0.6 is 11.6 Å². The standard InChI is InChI=1S/C36H34ClN5O3/c1-21-28-18-26(37)14-15-29(28)39-34(21)36(45)41-31(17-25-20-42(3)32-11-7-6-10-27(25)32)35(44)40-30(19-33(43)38-2)24-13-12-22-8-4-5-9-23(22)16-24/h4-16,18,20,30-31,39H,17,19H2,1-3H3,(H,38,43)(H,40,44)(H,41,45)/t30?,31-/m1/s1. The molecule has 1 unspecified atom stereocenters. The van der Waals surface area contributed by atoms with E-state index in [1.807, 2.05) is 104 Å². The van der Waals surface area contributed by atoms with Crippen molar-refractivity contribution in [1.82, 2.24) is 25.5 Å². The van der Waals surface area contributed by atoms with E-state index in [4.69, 9.17) is 11.6 Å². The molecule has 0 aliphatic carbocycles. The summed E-state index contributed by atoms with van der Waals surface area (Å²) < 4.78 is 2.01. The molecule has 0 radical (unpaired) electrons. The zero-order valence-electron chi connectivity index (χ0n) is 25.3. The Labute approximate surface area is 265 Å². The monoisotopic (exact) mass is 619 g/mol. The lowest BCUT2D eigenvalue weighted by Gasteiger charge is -2.24. The van der Waals surface area contributed by atoms with Gasteiger partial charge < -0.3 is 25.5 Å². The third kappa shape index (κ3) is 6.14. The zero-order chi connectivity index (χ0) is 31.7. The second-order valence-electron chi connectivity index (χ2n) is 11.4. The van der Waals surface area contributed by atoms with Gasteiger partial charge in [-0.1, -0.05) is 66.2 Å². The van der Waals surface area contributed by atoms with Gasteiger partial charge >= 0.3 is 0 Å². The van der Waals surface area contributed by atoms with E-state index in [0.717, 1.165) is 49.3 Å². The van der Waals surface area contributed by atoms with E-state index in [0.29, 0.717) is 10.7 Å². The summed E-state index contributed by atoms with van der Waals surface area (Å²) >= 11 is 6.23. The number of hydrogen-bond donors (Lipinski definition) is 4. The molecular weight excluding hydrogens is 586 g/mol. The van der Waals surface area contributed by atoms with Crippen LogP contribution < -0.4 is 16.0 Å². The highest BCUT2D eigenvalue weighted by molar-refractivity contribution is 6.31. The second kappa shape index (κ2) is 12.5. The molecular formula is C36H34ClN5O3. The van der Waals surface area contributed by atoms with Gasteiger partial charge in [-0.25, -0.2) is 0 Å². The van der Waals surface area contributed by atoms with Crippen LogP contribution in [0.2, 0.25) is 5.02 Å². The number of fused-ring (bicyclic) bond motifs is 3. The molecule has 2 atom stereocenters. The molecule has 8 nitrogen and oxygen atoms in total. The first kappa shape index (κ1) is 30.0. The molecule has 0 fully saturated rings. The largest absolute Gasteiger partial charge is 0.359 e. The summed E-state index contributed by atoms with van der Waals surface area (Å²) in [5, 5.41) is 13.2. The van der Waals surface area contributed by atoms with Crippen LogP contribution in [0.4, 0.5) is 0 Å². The van der Waals surface area contributed by atoms with Gasteiger partial charge in [-0.2, -0.15) is 0 Å². The number of halogens is 1. The van der Waals surface area contributed by atoms with Gasteiger partial charge in [0.1, 0.15) is 11.7 Å². The van der Waals surface area contributed by atoms with Crippen LogP contribution in [0.1, 0.15) is 39.6 Å². The maximum absolute atomic E-state index is 14.2. The Morgan fingerprint density at radius 2 is 1.64 bits per heavy atom.